The number of hydrogen-bond donors (Lipinski definition) is 6. The number of nitrogens with zero attached hydrogens (tertiary/aromatic N) is 4. The molecule has 0 spiro atoms. The summed E-state index contributed by atoms with van der Waals surface area (Å²) in [5.41, 5.74) is 10.2. The summed E-state index contributed by atoms with van der Waals surface area (Å²) in [5.74, 6) is -3.76. The first kappa shape index (κ1) is 81.2. The molecule has 29 heteroatoms. The number of phenols is 1. The summed E-state index contributed by atoms with van der Waals surface area (Å²) in [6.45, 7) is 11.0. The van der Waals surface area contributed by atoms with Crippen LogP contribution in [0.5, 0.6) is 23.0 Å². The van der Waals surface area contributed by atoms with Gasteiger partial charge in [-0.2, -0.15) is 0 Å². The molecule has 0 fully saturated rings. The summed E-state index contributed by atoms with van der Waals surface area (Å²) in [6.07, 6.45) is 0.851. The van der Waals surface area contributed by atoms with Crippen LogP contribution in [-0.4, -0.2) is 129 Å². The van der Waals surface area contributed by atoms with E-state index in [1.165, 1.54) is 42.3 Å². The molecular formula is C81H84F2N8O17P2. The number of esters is 2. The number of carboxylic acid groups (broad SMARTS) is 1. The Hall–Kier alpha value is -11.3. The lowest BCUT2D eigenvalue weighted by atomic mass is 9.96. The summed E-state index contributed by atoms with van der Waals surface area (Å²) in [7, 11) is -7.29. The van der Waals surface area contributed by atoms with Gasteiger partial charge in [-0.25, -0.2) is 23.7 Å². The molecule has 3 amide bonds. The molecule has 0 radical (unpaired) electrons. The number of amides is 3. The molecule has 2 aliphatic rings. The summed E-state index contributed by atoms with van der Waals surface area (Å²) in [4.78, 5) is 89.4. The van der Waals surface area contributed by atoms with Crippen LogP contribution in [0.3, 0.4) is 0 Å². The van der Waals surface area contributed by atoms with Crippen LogP contribution in [0.2, 0.25) is 0 Å². The van der Waals surface area contributed by atoms with Crippen molar-refractivity contribution in [1.82, 2.24) is 35.3 Å². The van der Waals surface area contributed by atoms with Gasteiger partial charge in [0.15, 0.2) is 11.5 Å². The van der Waals surface area contributed by atoms with Gasteiger partial charge in [0.25, 0.3) is 17.7 Å². The van der Waals surface area contributed by atoms with Crippen LogP contribution in [0.15, 0.2) is 207 Å². The molecule has 0 saturated heterocycles. The number of benzene rings is 8. The van der Waals surface area contributed by atoms with E-state index in [0.29, 0.717) is 51.0 Å². The zero-order chi connectivity index (χ0) is 78.7. The number of hydrogen-bond acceptors (Lipinski definition) is 19. The topological polar surface area (TPSA) is 336 Å². The molecule has 2 unspecified atom stereocenters. The quantitative estimate of drug-likeness (QED) is 0.0174. The molecule has 4 heterocycles. The number of nitrogens with two attached hydrogens (primary N) is 1. The first-order valence-electron chi connectivity index (χ1n) is 35.3. The highest BCUT2D eigenvalue weighted by Crippen LogP contribution is 2.47. The van der Waals surface area contributed by atoms with Crippen molar-refractivity contribution in [3.05, 3.63) is 274 Å². The molecule has 0 bridgehead atoms. The van der Waals surface area contributed by atoms with Crippen LogP contribution in [0.4, 0.5) is 8.78 Å². The second-order valence-electron chi connectivity index (χ2n) is 25.7. The van der Waals surface area contributed by atoms with E-state index in [2.05, 4.69) is 25.5 Å². The molecule has 2 aromatic heterocycles. The number of para-hydroxylation sites is 2. The monoisotopic (exact) mass is 1540 g/mol. The summed E-state index contributed by atoms with van der Waals surface area (Å²) >= 11 is 0. The van der Waals surface area contributed by atoms with Gasteiger partial charge in [0.1, 0.15) is 65.1 Å². The molecule has 574 valence electrons. The molecule has 25 nitrogen and oxygen atoms in total. The zero-order valence-corrected chi connectivity index (χ0v) is 62.9. The van der Waals surface area contributed by atoms with Crippen molar-refractivity contribution in [2.45, 2.75) is 98.1 Å². The molecule has 110 heavy (non-hydrogen) atoms. The lowest BCUT2D eigenvalue weighted by Crippen LogP contribution is -2.37. The van der Waals surface area contributed by atoms with Gasteiger partial charge in [0.2, 0.25) is 0 Å². The van der Waals surface area contributed by atoms with Gasteiger partial charge in [0.05, 0.1) is 47.7 Å². The fraction of sp³-hybridized carbons (Fsp3) is 0.259. The average Bonchev–Trinajstić information content (AvgIpc) is 1.54. The predicted molar refractivity (Wildman–Crippen MR) is 407 cm³/mol. The molecule has 2 aliphatic heterocycles. The van der Waals surface area contributed by atoms with Crippen molar-refractivity contribution < 1.29 is 89.6 Å². The van der Waals surface area contributed by atoms with E-state index in [1.54, 1.807) is 149 Å². The minimum Gasteiger partial charge on any atom is -0.505 e. The molecule has 8 aromatic carbocycles. The summed E-state index contributed by atoms with van der Waals surface area (Å²) < 4.78 is 93.1. The second kappa shape index (κ2) is 37.7. The van der Waals surface area contributed by atoms with Crippen LogP contribution in [0.1, 0.15) is 122 Å². The number of aromatic carboxylic acids is 1. The van der Waals surface area contributed by atoms with Crippen molar-refractivity contribution in [3.63, 3.8) is 0 Å². The smallest absolute Gasteiger partial charge is 0.342 e. The van der Waals surface area contributed by atoms with Crippen LogP contribution < -0.4 is 35.0 Å². The van der Waals surface area contributed by atoms with E-state index in [-0.39, 0.29) is 109 Å². The minimum absolute atomic E-state index is 0.0152. The SMILES string of the molecule is CCOC(=O)[C@H](C)NP(=O)(CO[C@H](C)CN)Oc1ccccc1.CCOC(=O)[C@H](C)NP(=O)(CO[C@H](C)CNC(=O)c1c2c(c(O)c3ncccc13)C(=O)N(Cc1ccc(F)cc1)C2)Oc1ccccc1.O=C(O)c1c2c(c(OC(c3ccccc3)c3ccccc3)c3ncccc13)C(=O)N(Cc1ccc(F)cc1)C2. The number of rotatable bonds is 31. The Morgan fingerprint density at radius 3 is 1.42 bits per heavy atom. The summed E-state index contributed by atoms with van der Waals surface area (Å²) in [6, 6.07) is 52.9. The maximum atomic E-state index is 13.9. The molecule has 7 N–H and O–H groups in total. The van der Waals surface area contributed by atoms with Crippen molar-refractivity contribution in [2.24, 2.45) is 5.73 Å². The molecular weight excluding hydrogens is 1460 g/mol. The van der Waals surface area contributed by atoms with Crippen LogP contribution >= 0.6 is 15.0 Å². The van der Waals surface area contributed by atoms with Crippen LogP contribution in [0, 0.1) is 11.6 Å². The molecule has 6 atom stereocenters. The number of aromatic hydroxyl groups is 1. The number of carbonyl (C=O) groups excluding carboxylic acids is 5. The molecule has 0 aliphatic carbocycles. The summed E-state index contributed by atoms with van der Waals surface area (Å²) in [5, 5.41) is 30.3. The van der Waals surface area contributed by atoms with Crippen LogP contribution in [-0.2, 0) is 63.8 Å². The Morgan fingerprint density at radius 2 is 0.973 bits per heavy atom. The van der Waals surface area contributed by atoms with E-state index >= 15 is 0 Å². The highest BCUT2D eigenvalue weighted by Gasteiger charge is 2.41. The number of carboxylic acids is 1. The number of halogens is 2. The Bertz CT molecular complexity index is 4950. The molecule has 12 rings (SSSR count). The first-order chi connectivity index (χ1) is 52.9. The van der Waals surface area contributed by atoms with E-state index in [4.69, 9.17) is 38.5 Å². The zero-order valence-electron chi connectivity index (χ0n) is 61.1. The van der Waals surface area contributed by atoms with Crippen LogP contribution in [0.25, 0.3) is 21.8 Å². The number of aromatic nitrogens is 2. The van der Waals surface area contributed by atoms with Gasteiger partial charge in [-0.05, 0) is 124 Å². The van der Waals surface area contributed by atoms with Crippen molar-refractivity contribution in [3.8, 4) is 23.0 Å². The highest BCUT2D eigenvalue weighted by molar-refractivity contribution is 7.57. The second-order valence-corrected chi connectivity index (χ2v) is 29.7. The molecule has 10 aromatic rings. The van der Waals surface area contributed by atoms with Crippen molar-refractivity contribution in [2.75, 3.05) is 39.0 Å². The van der Waals surface area contributed by atoms with Gasteiger partial charge < -0.3 is 63.8 Å². The van der Waals surface area contributed by atoms with Gasteiger partial charge in [0, 0.05) is 73.6 Å². The number of carbonyl (C=O) groups is 6. The standard InChI is InChI=1S/C34H36FN4O8P.C32H23FN2O4.C15H25N2O5P/c1-4-45-34(43)22(3)38-48(44,47-25-9-6-5-7-10-25)20-46-21(2)17-37-32(41)28-26-11-8-16-36-30(26)31(40)29-27(28)19-39(33(29)42)18-23-12-14-24(35)15-13-23;33-23-15-13-20(14-16-23)18-35-19-25-26(32(37)38)24-12-7-17-34-28(24)30(27(25)31(35)36)39-29(21-8-3-1-4-9-21)22-10-5-2-6-11-22;1-4-20-15(18)13(3)17-23(19,11-21-12(2)10-16)22-14-8-6-5-7-9-14/h5-16,21-22,40H,4,17-20H2,1-3H3,(H,37,41)(H,38,44);1-17,29H,18-19H2,(H,37,38);5-9,12-13H,4,10-11,16H2,1-3H3,(H,17,19)/t21-,22+,48?;;12-,13+,23?/m1.1/s1. The minimum atomic E-state index is -3.81. The van der Waals surface area contributed by atoms with E-state index in [0.717, 1.165) is 16.7 Å². The third kappa shape index (κ3) is 20.5. The van der Waals surface area contributed by atoms with E-state index < -0.39 is 81.2 Å². The van der Waals surface area contributed by atoms with Gasteiger partial charge in [-0.3, -0.25) is 43.1 Å². The lowest BCUT2D eigenvalue weighted by molar-refractivity contribution is -0.145. The van der Waals surface area contributed by atoms with Gasteiger partial charge >= 0.3 is 32.9 Å². The maximum absolute atomic E-state index is 13.9. The third-order valence-electron chi connectivity index (χ3n) is 17.4. The van der Waals surface area contributed by atoms with Crippen molar-refractivity contribution >= 4 is 72.5 Å². The fourth-order valence-electron chi connectivity index (χ4n) is 12.1. The fourth-order valence-corrected chi connectivity index (χ4v) is 15.7. The first-order valence-corrected chi connectivity index (χ1v) is 38.9. The van der Waals surface area contributed by atoms with Gasteiger partial charge in [-0.15, -0.1) is 0 Å². The number of pyridine rings is 2. The largest absolute Gasteiger partial charge is 0.505 e. The molecule has 0 saturated carbocycles. The highest BCUT2D eigenvalue weighted by atomic mass is 31.2. The Balaban J connectivity index is 0.000000186. The number of fused-ring (bicyclic) bond motifs is 4. The number of phenolic OH excluding ortho intramolecular Hbond substituents is 1. The van der Waals surface area contributed by atoms with E-state index in [9.17, 15) is 56.9 Å². The number of nitrogens with one attached hydrogen (secondary N) is 3. The lowest BCUT2D eigenvalue weighted by Gasteiger charge is -2.25. The average molecular weight is 1540 g/mol. The number of ether oxygens (including phenoxy) is 5. The van der Waals surface area contributed by atoms with Crippen molar-refractivity contribution in [1.29, 1.82) is 0 Å². The predicted octanol–water partition coefficient (Wildman–Crippen LogP) is 13.7. The third-order valence-corrected chi connectivity index (χ3v) is 21.0. The Labute approximate surface area is 634 Å². The Kier molecular flexibility index (Phi) is 27.8. The maximum Gasteiger partial charge on any atom is 0.342 e. The van der Waals surface area contributed by atoms with E-state index in [1.807, 2.05) is 66.7 Å². The van der Waals surface area contributed by atoms with Gasteiger partial charge in [-0.1, -0.05) is 133 Å². The Morgan fingerprint density at radius 1 is 0.555 bits per heavy atom. The normalized spacial score (nSPS) is 14.4.